The Bertz CT molecular complexity index is 569. The maximum Gasteiger partial charge on any atom is 0.143 e. The van der Waals surface area contributed by atoms with Crippen molar-refractivity contribution in [2.45, 2.75) is 53.9 Å². The molecule has 0 saturated heterocycles. The first-order valence-electron chi connectivity index (χ1n) is 7.83. The Balaban J connectivity index is 2.94. The van der Waals surface area contributed by atoms with Crippen LogP contribution in [0.4, 0.5) is 4.39 Å². The zero-order valence-electron chi connectivity index (χ0n) is 14.4. The lowest BCUT2D eigenvalue weighted by atomic mass is 9.72. The minimum absolute atomic E-state index is 0.161. The summed E-state index contributed by atoms with van der Waals surface area (Å²) in [4.78, 5) is 10.3. The van der Waals surface area contributed by atoms with E-state index in [0.29, 0.717) is 11.9 Å². The molecule has 1 rings (SSSR count). The normalized spacial score (nSPS) is 20.7. The molecule has 0 aliphatic heterocycles. The molecule has 0 atom stereocenters. The summed E-state index contributed by atoms with van der Waals surface area (Å²) in [6.07, 6.45) is 12.6. The van der Waals surface area contributed by atoms with Gasteiger partial charge in [0.1, 0.15) is 12.1 Å². The van der Waals surface area contributed by atoms with Gasteiger partial charge < -0.3 is 0 Å². The monoisotopic (exact) mass is 302 g/mol. The fraction of sp³-hybridized carbons (Fsp3) is 0.450. The van der Waals surface area contributed by atoms with Crippen LogP contribution in [0.3, 0.4) is 0 Å². The third-order valence-corrected chi connectivity index (χ3v) is 4.24. The first kappa shape index (κ1) is 18.3. The van der Waals surface area contributed by atoms with Gasteiger partial charge >= 0.3 is 0 Å². The number of hydrogen-bond donors (Lipinski definition) is 0. The zero-order chi connectivity index (χ0) is 16.8. The number of hydrogen-bond acceptors (Lipinski definition) is 1. The lowest BCUT2D eigenvalue weighted by molar-refractivity contribution is -0.104. The molecule has 0 heterocycles. The van der Waals surface area contributed by atoms with Gasteiger partial charge in [0.05, 0.1) is 0 Å². The molecule has 22 heavy (non-hydrogen) atoms. The van der Waals surface area contributed by atoms with E-state index in [-0.39, 0.29) is 11.2 Å². The molecule has 0 aromatic rings. The smallest absolute Gasteiger partial charge is 0.143 e. The highest BCUT2D eigenvalue weighted by molar-refractivity contribution is 5.67. The molecule has 0 unspecified atom stereocenters. The van der Waals surface area contributed by atoms with Crippen molar-refractivity contribution in [3.63, 3.8) is 0 Å². The van der Waals surface area contributed by atoms with Crippen molar-refractivity contribution >= 4 is 6.29 Å². The predicted molar refractivity (Wildman–Crippen MR) is 92.2 cm³/mol. The van der Waals surface area contributed by atoms with Crippen LogP contribution in [0, 0.1) is 5.41 Å². The number of aldehydes is 1. The van der Waals surface area contributed by atoms with Crippen LogP contribution in [0.5, 0.6) is 0 Å². The van der Waals surface area contributed by atoms with Crippen molar-refractivity contribution in [2.24, 2.45) is 5.41 Å². The average Bonchev–Trinajstić information content (AvgIpc) is 2.43. The first-order chi connectivity index (χ1) is 10.3. The van der Waals surface area contributed by atoms with Crippen LogP contribution in [0.25, 0.3) is 0 Å². The summed E-state index contributed by atoms with van der Waals surface area (Å²) >= 11 is 0. The Labute approximate surface area is 134 Å². The summed E-state index contributed by atoms with van der Waals surface area (Å²) in [5, 5.41) is 0. The van der Waals surface area contributed by atoms with Crippen LogP contribution < -0.4 is 0 Å². The maximum absolute atomic E-state index is 14.1. The van der Waals surface area contributed by atoms with E-state index in [2.05, 4.69) is 26.8 Å². The quantitative estimate of drug-likeness (QED) is 0.345. The van der Waals surface area contributed by atoms with Crippen LogP contribution >= 0.6 is 0 Å². The van der Waals surface area contributed by atoms with Crippen molar-refractivity contribution in [1.29, 1.82) is 0 Å². The van der Waals surface area contributed by atoms with Gasteiger partial charge in [0, 0.05) is 0 Å². The molecule has 120 valence electrons. The van der Waals surface area contributed by atoms with Gasteiger partial charge in [-0.2, -0.15) is 0 Å². The summed E-state index contributed by atoms with van der Waals surface area (Å²) in [6.45, 7) is 10.2. The molecule has 0 bridgehead atoms. The Kier molecular flexibility index (Phi) is 6.73. The van der Waals surface area contributed by atoms with Gasteiger partial charge in [-0.15, -0.1) is 0 Å². The standard InChI is InChI=1S/C20H27FO/c1-15(12-14-22)8-11-19(21)17(3)9-10-18-16(2)7-6-13-20(18,4)5/h8-12,14H,6-7,13H2,1-5H3/b10-9-,11-8+,15-12+,19-17+. The topological polar surface area (TPSA) is 17.1 Å². The van der Waals surface area contributed by atoms with Gasteiger partial charge in [-0.05, 0) is 74.3 Å². The molecule has 0 N–H and O–H groups in total. The van der Waals surface area contributed by atoms with Crippen molar-refractivity contribution in [3.8, 4) is 0 Å². The lowest BCUT2D eigenvalue weighted by Crippen LogP contribution is -2.19. The third kappa shape index (κ3) is 5.25. The second-order valence-corrected chi connectivity index (χ2v) is 6.68. The summed E-state index contributed by atoms with van der Waals surface area (Å²) in [5.74, 6) is -0.276. The van der Waals surface area contributed by atoms with Crippen LogP contribution in [0.2, 0.25) is 0 Å². The highest BCUT2D eigenvalue weighted by Crippen LogP contribution is 2.40. The van der Waals surface area contributed by atoms with Gasteiger partial charge in [-0.25, -0.2) is 4.39 Å². The molecule has 1 aliphatic carbocycles. The molecular weight excluding hydrogens is 275 g/mol. The van der Waals surface area contributed by atoms with Crippen molar-refractivity contribution in [1.82, 2.24) is 0 Å². The van der Waals surface area contributed by atoms with E-state index in [9.17, 15) is 9.18 Å². The number of carbonyl (C=O) groups excluding carboxylic acids is 1. The first-order valence-corrected chi connectivity index (χ1v) is 7.83. The minimum Gasteiger partial charge on any atom is -0.299 e. The molecule has 0 amide bonds. The SMILES string of the molecule is CC1=C(\C=C/C(C)=C(F)\C=C\C(C)=C\C=O)C(C)(C)CCC1. The molecule has 1 nitrogen and oxygen atoms in total. The molecular formula is C20H27FO. The van der Waals surface area contributed by atoms with Gasteiger partial charge in [-0.1, -0.05) is 37.6 Å². The molecule has 0 fully saturated rings. The largest absolute Gasteiger partial charge is 0.299 e. The lowest BCUT2D eigenvalue weighted by Gasteiger charge is -2.32. The molecule has 0 aromatic heterocycles. The number of allylic oxidation sites excluding steroid dienone is 10. The van der Waals surface area contributed by atoms with E-state index in [4.69, 9.17) is 0 Å². The summed E-state index contributed by atoms with van der Waals surface area (Å²) < 4.78 is 14.1. The summed E-state index contributed by atoms with van der Waals surface area (Å²) in [7, 11) is 0. The highest BCUT2D eigenvalue weighted by Gasteiger charge is 2.26. The predicted octanol–water partition coefficient (Wildman–Crippen LogP) is 6.01. The molecule has 1 aliphatic rings. The molecule has 2 heteroatoms. The van der Waals surface area contributed by atoms with E-state index < -0.39 is 0 Å². The minimum atomic E-state index is -0.276. The Hall–Kier alpha value is -1.70. The van der Waals surface area contributed by atoms with Crippen LogP contribution in [0.1, 0.15) is 53.9 Å². The number of rotatable bonds is 5. The average molecular weight is 302 g/mol. The van der Waals surface area contributed by atoms with Crippen LogP contribution in [-0.2, 0) is 4.79 Å². The van der Waals surface area contributed by atoms with Crippen molar-refractivity contribution in [2.75, 3.05) is 0 Å². The second kappa shape index (κ2) is 8.07. The van der Waals surface area contributed by atoms with Gasteiger partial charge in [0.25, 0.3) is 0 Å². The van der Waals surface area contributed by atoms with E-state index in [0.717, 1.165) is 12.0 Å². The number of halogens is 1. The fourth-order valence-corrected chi connectivity index (χ4v) is 2.80. The Morgan fingerprint density at radius 3 is 2.45 bits per heavy atom. The van der Waals surface area contributed by atoms with Gasteiger partial charge in [-0.3, -0.25) is 4.79 Å². The van der Waals surface area contributed by atoms with Crippen molar-refractivity contribution in [3.05, 3.63) is 58.5 Å². The third-order valence-electron chi connectivity index (χ3n) is 4.24. The van der Waals surface area contributed by atoms with E-state index in [1.165, 1.54) is 36.1 Å². The van der Waals surface area contributed by atoms with Crippen molar-refractivity contribution < 1.29 is 9.18 Å². The van der Waals surface area contributed by atoms with E-state index in [1.54, 1.807) is 19.9 Å². The van der Waals surface area contributed by atoms with Gasteiger partial charge in [0.15, 0.2) is 0 Å². The molecule has 0 saturated carbocycles. The molecule has 0 spiro atoms. The van der Waals surface area contributed by atoms with E-state index in [1.807, 2.05) is 6.08 Å². The van der Waals surface area contributed by atoms with Crippen LogP contribution in [0.15, 0.2) is 58.5 Å². The summed E-state index contributed by atoms with van der Waals surface area (Å²) in [6, 6.07) is 0. The summed E-state index contributed by atoms with van der Waals surface area (Å²) in [5.41, 5.74) is 4.22. The van der Waals surface area contributed by atoms with E-state index >= 15 is 0 Å². The van der Waals surface area contributed by atoms with Crippen LogP contribution in [-0.4, -0.2) is 6.29 Å². The Morgan fingerprint density at radius 2 is 1.86 bits per heavy atom. The Morgan fingerprint density at radius 1 is 1.18 bits per heavy atom. The molecule has 0 aromatic carbocycles. The van der Waals surface area contributed by atoms with Gasteiger partial charge in [0.2, 0.25) is 0 Å². The number of carbonyl (C=O) groups is 1. The molecule has 0 radical (unpaired) electrons. The fourth-order valence-electron chi connectivity index (χ4n) is 2.80. The highest BCUT2D eigenvalue weighted by atomic mass is 19.1. The zero-order valence-corrected chi connectivity index (χ0v) is 14.4. The second-order valence-electron chi connectivity index (χ2n) is 6.68. The maximum atomic E-state index is 14.1.